The van der Waals surface area contributed by atoms with Gasteiger partial charge in [-0.25, -0.2) is 4.79 Å². The largest absolute Gasteiger partial charge is 0.345 e. The zero-order chi connectivity index (χ0) is 18.5. The molecule has 138 valence electrons. The molecule has 1 aromatic heterocycles. The second kappa shape index (κ2) is 8.12. The van der Waals surface area contributed by atoms with Gasteiger partial charge in [-0.2, -0.15) is 0 Å². The van der Waals surface area contributed by atoms with Crippen molar-refractivity contribution < 1.29 is 4.79 Å². The van der Waals surface area contributed by atoms with Crippen LogP contribution in [-0.2, 0) is 19.6 Å². The smallest absolute Gasteiger partial charge is 0.318 e. The number of nitrogens with one attached hydrogen (secondary N) is 1. The second-order valence-electron chi connectivity index (χ2n) is 7.12. The van der Waals surface area contributed by atoms with E-state index < -0.39 is 0 Å². The molecule has 4 nitrogen and oxygen atoms in total. The molecule has 27 heavy (non-hydrogen) atoms. The summed E-state index contributed by atoms with van der Waals surface area (Å²) in [4.78, 5) is 14.8. The minimum absolute atomic E-state index is 0.0221. The van der Waals surface area contributed by atoms with Crippen molar-refractivity contribution in [3.63, 3.8) is 0 Å². The average molecular weight is 359 g/mol. The number of benzene rings is 2. The van der Waals surface area contributed by atoms with Crippen LogP contribution in [0, 0.1) is 0 Å². The average Bonchev–Trinajstić information content (AvgIpc) is 3.46. The first-order valence-corrected chi connectivity index (χ1v) is 9.56. The molecule has 2 aromatic carbocycles. The molecule has 1 saturated carbocycles. The van der Waals surface area contributed by atoms with Crippen LogP contribution in [0.5, 0.6) is 0 Å². The van der Waals surface area contributed by atoms with Crippen molar-refractivity contribution >= 4 is 6.03 Å². The molecular weight excluding hydrogens is 334 g/mol. The van der Waals surface area contributed by atoms with Gasteiger partial charge >= 0.3 is 6.03 Å². The number of hydrogen-bond acceptors (Lipinski definition) is 1. The highest BCUT2D eigenvalue weighted by molar-refractivity contribution is 5.74. The van der Waals surface area contributed by atoms with E-state index in [4.69, 9.17) is 0 Å². The Labute approximate surface area is 160 Å². The molecule has 1 aliphatic rings. The number of carbonyl (C=O) groups excluding carboxylic acids is 1. The number of amides is 2. The van der Waals surface area contributed by atoms with Crippen LogP contribution in [0.4, 0.5) is 4.79 Å². The Kier molecular flexibility index (Phi) is 5.24. The van der Waals surface area contributed by atoms with E-state index >= 15 is 0 Å². The zero-order valence-corrected chi connectivity index (χ0v) is 15.4. The van der Waals surface area contributed by atoms with Gasteiger partial charge in [-0.05, 0) is 36.1 Å². The van der Waals surface area contributed by atoms with Crippen molar-refractivity contribution in [2.45, 2.75) is 38.5 Å². The first-order chi connectivity index (χ1) is 13.3. The van der Waals surface area contributed by atoms with Gasteiger partial charge in [-0.1, -0.05) is 60.7 Å². The fourth-order valence-electron chi connectivity index (χ4n) is 3.33. The summed E-state index contributed by atoms with van der Waals surface area (Å²) in [6, 6.07) is 25.0. The Morgan fingerprint density at radius 3 is 2.26 bits per heavy atom. The van der Waals surface area contributed by atoms with Gasteiger partial charge in [0.1, 0.15) is 0 Å². The molecule has 0 spiro atoms. The third-order valence-corrected chi connectivity index (χ3v) is 4.99. The summed E-state index contributed by atoms with van der Waals surface area (Å²) >= 11 is 0. The lowest BCUT2D eigenvalue weighted by atomic mass is 10.2. The summed E-state index contributed by atoms with van der Waals surface area (Å²) in [5.74, 6) is 0. The molecule has 1 N–H and O–H groups in total. The van der Waals surface area contributed by atoms with Crippen molar-refractivity contribution in [2.75, 3.05) is 0 Å². The summed E-state index contributed by atoms with van der Waals surface area (Å²) in [5, 5.41) is 3.08. The van der Waals surface area contributed by atoms with Crippen LogP contribution >= 0.6 is 0 Å². The van der Waals surface area contributed by atoms with Crippen molar-refractivity contribution in [3.05, 3.63) is 95.8 Å². The summed E-state index contributed by atoms with van der Waals surface area (Å²) in [5.41, 5.74) is 3.55. The van der Waals surface area contributed by atoms with Crippen LogP contribution in [0.15, 0.2) is 79.0 Å². The fraction of sp³-hybridized carbons (Fsp3) is 0.261. The highest BCUT2D eigenvalue weighted by atomic mass is 16.2. The van der Waals surface area contributed by atoms with Gasteiger partial charge in [0, 0.05) is 31.0 Å². The minimum atomic E-state index is 0.0221. The van der Waals surface area contributed by atoms with Crippen LogP contribution < -0.4 is 5.32 Å². The number of urea groups is 1. The third-order valence-electron chi connectivity index (χ3n) is 4.99. The van der Waals surface area contributed by atoms with Crippen LogP contribution in [0.2, 0.25) is 0 Å². The molecular formula is C23H25N3O. The molecule has 2 amide bonds. The number of hydrogen-bond donors (Lipinski definition) is 1. The van der Waals surface area contributed by atoms with Gasteiger partial charge in [0.05, 0.1) is 6.54 Å². The Morgan fingerprint density at radius 1 is 0.926 bits per heavy atom. The number of aromatic nitrogens is 1. The Hall–Kier alpha value is -3.01. The lowest BCUT2D eigenvalue weighted by Crippen LogP contribution is -2.41. The van der Waals surface area contributed by atoms with Crippen molar-refractivity contribution in [3.8, 4) is 0 Å². The first kappa shape index (κ1) is 17.4. The topological polar surface area (TPSA) is 37.3 Å². The van der Waals surface area contributed by atoms with Crippen LogP contribution in [0.1, 0.15) is 29.7 Å². The maximum atomic E-state index is 12.8. The molecule has 1 fully saturated rings. The molecule has 3 aromatic rings. The van der Waals surface area contributed by atoms with Gasteiger partial charge in [0.25, 0.3) is 0 Å². The van der Waals surface area contributed by atoms with E-state index in [9.17, 15) is 4.79 Å². The zero-order valence-electron chi connectivity index (χ0n) is 15.4. The number of carbonyl (C=O) groups is 1. The minimum Gasteiger partial charge on any atom is -0.345 e. The predicted molar refractivity (Wildman–Crippen MR) is 107 cm³/mol. The highest BCUT2D eigenvalue weighted by Gasteiger charge is 2.33. The van der Waals surface area contributed by atoms with Crippen molar-refractivity contribution in [1.29, 1.82) is 0 Å². The molecule has 1 aliphatic carbocycles. The van der Waals surface area contributed by atoms with Crippen molar-refractivity contribution in [1.82, 2.24) is 14.8 Å². The quantitative estimate of drug-likeness (QED) is 0.666. The van der Waals surface area contributed by atoms with Crippen molar-refractivity contribution in [2.24, 2.45) is 0 Å². The molecule has 0 aliphatic heterocycles. The fourth-order valence-corrected chi connectivity index (χ4v) is 3.33. The van der Waals surface area contributed by atoms with Gasteiger partial charge < -0.3 is 14.8 Å². The van der Waals surface area contributed by atoms with E-state index in [-0.39, 0.29) is 6.03 Å². The standard InChI is InChI=1S/C23H25N3O/c27-23(24-16-19-8-3-1-4-9-19)26(21-13-14-21)18-22-12-7-15-25(22)17-20-10-5-2-6-11-20/h1-12,15,21H,13-14,16-18H2,(H,24,27). The molecule has 0 radical (unpaired) electrons. The van der Waals surface area contributed by atoms with E-state index in [0.29, 0.717) is 19.1 Å². The Morgan fingerprint density at radius 2 is 1.59 bits per heavy atom. The molecule has 4 rings (SSSR count). The summed E-state index contributed by atoms with van der Waals surface area (Å²) in [6.45, 7) is 2.03. The molecule has 1 heterocycles. The highest BCUT2D eigenvalue weighted by Crippen LogP contribution is 2.28. The SMILES string of the molecule is O=C(NCc1ccccc1)N(Cc1cccn1Cc1ccccc1)C1CC1. The van der Waals surface area contributed by atoms with E-state index in [0.717, 1.165) is 24.9 Å². The third kappa shape index (κ3) is 4.59. The summed E-state index contributed by atoms with van der Waals surface area (Å²) < 4.78 is 2.23. The molecule has 4 heteroatoms. The molecule has 0 bridgehead atoms. The van der Waals surface area contributed by atoms with Gasteiger partial charge in [-0.15, -0.1) is 0 Å². The summed E-state index contributed by atoms with van der Waals surface area (Å²) in [6.07, 6.45) is 4.28. The lowest BCUT2D eigenvalue weighted by Gasteiger charge is -2.24. The van der Waals surface area contributed by atoms with Crippen LogP contribution in [0.25, 0.3) is 0 Å². The molecule has 0 atom stereocenters. The number of nitrogens with zero attached hydrogens (tertiary/aromatic N) is 2. The Bertz CT molecular complexity index is 869. The van der Waals surface area contributed by atoms with Crippen LogP contribution in [-0.4, -0.2) is 21.5 Å². The first-order valence-electron chi connectivity index (χ1n) is 9.56. The van der Waals surface area contributed by atoms with Gasteiger partial charge in [0.2, 0.25) is 0 Å². The second-order valence-corrected chi connectivity index (χ2v) is 7.12. The normalized spacial score (nSPS) is 13.3. The maximum absolute atomic E-state index is 12.8. The van der Waals surface area contributed by atoms with E-state index in [1.807, 2.05) is 41.3 Å². The van der Waals surface area contributed by atoms with E-state index in [1.165, 1.54) is 11.3 Å². The van der Waals surface area contributed by atoms with E-state index in [1.54, 1.807) is 0 Å². The Balaban J connectivity index is 1.42. The van der Waals surface area contributed by atoms with E-state index in [2.05, 4.69) is 52.5 Å². The maximum Gasteiger partial charge on any atom is 0.318 e. The van der Waals surface area contributed by atoms with Gasteiger partial charge in [-0.3, -0.25) is 0 Å². The molecule has 0 saturated heterocycles. The van der Waals surface area contributed by atoms with Crippen LogP contribution in [0.3, 0.4) is 0 Å². The van der Waals surface area contributed by atoms with Gasteiger partial charge in [0.15, 0.2) is 0 Å². The predicted octanol–water partition coefficient (Wildman–Crippen LogP) is 4.41. The number of rotatable bonds is 7. The molecule has 0 unspecified atom stereocenters. The lowest BCUT2D eigenvalue weighted by molar-refractivity contribution is 0.190. The monoisotopic (exact) mass is 359 g/mol. The summed E-state index contributed by atoms with van der Waals surface area (Å²) in [7, 11) is 0.